The van der Waals surface area contributed by atoms with Crippen molar-refractivity contribution in [2.75, 3.05) is 50.5 Å². The number of aromatic nitrogens is 2. The zero-order valence-corrected chi connectivity index (χ0v) is 15.2. The molecule has 1 aromatic rings. The van der Waals surface area contributed by atoms with Crippen molar-refractivity contribution in [1.82, 2.24) is 14.3 Å². The molecular weight excluding hydrogens is 316 g/mol. The van der Waals surface area contributed by atoms with Crippen LogP contribution in [-0.4, -0.2) is 68.3 Å². The van der Waals surface area contributed by atoms with E-state index in [4.69, 9.17) is 4.74 Å². The highest BCUT2D eigenvalue weighted by Crippen LogP contribution is 2.21. The van der Waals surface area contributed by atoms with Crippen LogP contribution in [0.15, 0.2) is 0 Å². The number of hydrogen-bond donors (Lipinski definition) is 0. The van der Waals surface area contributed by atoms with E-state index in [1.807, 2.05) is 20.8 Å². The van der Waals surface area contributed by atoms with Crippen molar-refractivity contribution < 1.29 is 13.2 Å². The Hall–Kier alpha value is -1.25. The average molecular weight is 342 g/mol. The molecule has 0 radical (unpaired) electrons. The minimum absolute atomic E-state index is 0.144. The molecule has 1 aliphatic heterocycles. The largest absolute Gasteiger partial charge is 0.385 e. The molecule has 1 fully saturated rings. The lowest BCUT2D eigenvalue weighted by Crippen LogP contribution is -2.49. The second kappa shape index (κ2) is 7.55. The highest BCUT2D eigenvalue weighted by atomic mass is 32.2. The molecule has 1 aliphatic rings. The summed E-state index contributed by atoms with van der Waals surface area (Å²) < 4.78 is 31.1. The number of anilines is 1. The van der Waals surface area contributed by atoms with E-state index in [0.29, 0.717) is 39.2 Å². The quantitative estimate of drug-likeness (QED) is 0.715. The predicted molar refractivity (Wildman–Crippen MR) is 90.3 cm³/mol. The van der Waals surface area contributed by atoms with E-state index < -0.39 is 10.0 Å². The normalized spacial score (nSPS) is 16.8. The van der Waals surface area contributed by atoms with Gasteiger partial charge in [0.05, 0.1) is 5.75 Å². The van der Waals surface area contributed by atoms with Crippen molar-refractivity contribution in [2.24, 2.45) is 0 Å². The minimum Gasteiger partial charge on any atom is -0.385 e. The second-order valence-electron chi connectivity index (χ2n) is 5.85. The van der Waals surface area contributed by atoms with Gasteiger partial charge in [-0.25, -0.2) is 18.4 Å². The summed E-state index contributed by atoms with van der Waals surface area (Å²) in [5.74, 6) is 1.81. The van der Waals surface area contributed by atoms with Crippen LogP contribution in [0.4, 0.5) is 5.82 Å². The van der Waals surface area contributed by atoms with Crippen LogP contribution < -0.4 is 4.90 Å². The molecule has 1 aromatic heterocycles. The molecule has 8 heteroatoms. The molecule has 0 bridgehead atoms. The summed E-state index contributed by atoms with van der Waals surface area (Å²) >= 11 is 0. The zero-order valence-electron chi connectivity index (χ0n) is 14.4. The topological polar surface area (TPSA) is 75.6 Å². The van der Waals surface area contributed by atoms with Gasteiger partial charge in [0.1, 0.15) is 11.6 Å². The van der Waals surface area contributed by atoms with Crippen LogP contribution in [-0.2, 0) is 14.8 Å². The van der Waals surface area contributed by atoms with Crippen molar-refractivity contribution in [3.05, 3.63) is 17.1 Å². The van der Waals surface area contributed by atoms with Gasteiger partial charge >= 0.3 is 0 Å². The van der Waals surface area contributed by atoms with Gasteiger partial charge in [0.2, 0.25) is 10.0 Å². The smallest absolute Gasteiger partial charge is 0.214 e. The van der Waals surface area contributed by atoms with Gasteiger partial charge in [0, 0.05) is 51.2 Å². The molecule has 0 unspecified atom stereocenters. The third-order valence-electron chi connectivity index (χ3n) is 4.16. The molecule has 0 spiro atoms. The van der Waals surface area contributed by atoms with Crippen LogP contribution in [0.3, 0.4) is 0 Å². The lowest BCUT2D eigenvalue weighted by Gasteiger charge is -2.35. The molecule has 130 valence electrons. The molecule has 0 aromatic carbocycles. The lowest BCUT2D eigenvalue weighted by atomic mass is 10.2. The molecule has 0 aliphatic carbocycles. The fourth-order valence-corrected chi connectivity index (χ4v) is 4.21. The Kier molecular flexibility index (Phi) is 5.94. The third kappa shape index (κ3) is 4.39. The highest BCUT2D eigenvalue weighted by molar-refractivity contribution is 7.89. The van der Waals surface area contributed by atoms with E-state index >= 15 is 0 Å². The van der Waals surface area contributed by atoms with Gasteiger partial charge in [0.25, 0.3) is 0 Å². The number of methoxy groups -OCH3 is 1. The maximum absolute atomic E-state index is 12.3. The summed E-state index contributed by atoms with van der Waals surface area (Å²) in [5, 5.41) is 0. The number of piperazine rings is 1. The van der Waals surface area contributed by atoms with Crippen molar-refractivity contribution in [2.45, 2.75) is 27.2 Å². The van der Waals surface area contributed by atoms with Crippen molar-refractivity contribution >= 4 is 15.8 Å². The summed E-state index contributed by atoms with van der Waals surface area (Å²) in [6.45, 7) is 8.64. The first kappa shape index (κ1) is 18.1. The van der Waals surface area contributed by atoms with Crippen LogP contribution in [0.2, 0.25) is 0 Å². The lowest BCUT2D eigenvalue weighted by molar-refractivity contribution is 0.199. The second-order valence-corrected chi connectivity index (χ2v) is 7.94. The standard InChI is InChI=1S/C15H26N4O3S/c1-12-13(2)16-14(3)17-15(12)18-6-8-19(9-7-18)23(20,21)11-5-10-22-4/h5-11H2,1-4H3. The van der Waals surface area contributed by atoms with Crippen LogP contribution in [0, 0.1) is 20.8 Å². The molecular formula is C15H26N4O3S. The highest BCUT2D eigenvalue weighted by Gasteiger charge is 2.27. The summed E-state index contributed by atoms with van der Waals surface area (Å²) in [7, 11) is -1.61. The molecule has 2 rings (SSSR count). The number of rotatable bonds is 6. The summed E-state index contributed by atoms with van der Waals surface area (Å²) in [6, 6.07) is 0. The van der Waals surface area contributed by atoms with Crippen molar-refractivity contribution in [1.29, 1.82) is 0 Å². The fourth-order valence-electron chi connectivity index (χ4n) is 2.75. The molecule has 0 amide bonds. The molecule has 0 N–H and O–H groups in total. The molecule has 0 atom stereocenters. The van der Waals surface area contributed by atoms with E-state index in [9.17, 15) is 8.42 Å². The van der Waals surface area contributed by atoms with Crippen LogP contribution in [0.1, 0.15) is 23.5 Å². The van der Waals surface area contributed by atoms with Gasteiger partial charge in [-0.05, 0) is 27.2 Å². The maximum atomic E-state index is 12.3. The summed E-state index contributed by atoms with van der Waals surface area (Å²) in [6.07, 6.45) is 0.530. The third-order valence-corrected chi connectivity index (χ3v) is 6.11. The Bertz CT molecular complexity index is 640. The SMILES string of the molecule is COCCCS(=O)(=O)N1CCN(c2nc(C)nc(C)c2C)CC1. The number of nitrogens with zero attached hydrogens (tertiary/aromatic N) is 4. The Labute approximate surface area is 138 Å². The van der Waals surface area contributed by atoms with Gasteiger partial charge in [-0.3, -0.25) is 0 Å². The minimum atomic E-state index is -3.19. The molecule has 2 heterocycles. The fraction of sp³-hybridized carbons (Fsp3) is 0.733. The van der Waals surface area contributed by atoms with Crippen molar-refractivity contribution in [3.63, 3.8) is 0 Å². The van der Waals surface area contributed by atoms with Crippen molar-refractivity contribution in [3.8, 4) is 0 Å². The van der Waals surface area contributed by atoms with Gasteiger partial charge in [-0.2, -0.15) is 4.31 Å². The van der Waals surface area contributed by atoms with Gasteiger partial charge in [-0.15, -0.1) is 0 Å². The number of ether oxygens (including phenoxy) is 1. The zero-order chi connectivity index (χ0) is 17.0. The summed E-state index contributed by atoms with van der Waals surface area (Å²) in [5.41, 5.74) is 2.04. The van der Waals surface area contributed by atoms with E-state index in [2.05, 4.69) is 14.9 Å². The Morgan fingerprint density at radius 3 is 2.35 bits per heavy atom. The van der Waals surface area contributed by atoms with Gasteiger partial charge < -0.3 is 9.64 Å². The van der Waals surface area contributed by atoms with Crippen LogP contribution >= 0.6 is 0 Å². The summed E-state index contributed by atoms with van der Waals surface area (Å²) in [4.78, 5) is 11.1. The van der Waals surface area contributed by atoms with Crippen LogP contribution in [0.25, 0.3) is 0 Å². The van der Waals surface area contributed by atoms with E-state index in [0.717, 1.165) is 22.9 Å². The Morgan fingerprint density at radius 2 is 1.74 bits per heavy atom. The van der Waals surface area contributed by atoms with E-state index in [-0.39, 0.29) is 5.75 Å². The number of sulfonamides is 1. The van der Waals surface area contributed by atoms with E-state index in [1.54, 1.807) is 11.4 Å². The van der Waals surface area contributed by atoms with E-state index in [1.165, 1.54) is 0 Å². The molecule has 7 nitrogen and oxygen atoms in total. The van der Waals surface area contributed by atoms with Crippen LogP contribution in [0.5, 0.6) is 0 Å². The first-order valence-electron chi connectivity index (χ1n) is 7.88. The predicted octanol–water partition coefficient (Wildman–Crippen LogP) is 0.890. The van der Waals surface area contributed by atoms with Gasteiger partial charge in [-0.1, -0.05) is 0 Å². The monoisotopic (exact) mass is 342 g/mol. The molecule has 1 saturated heterocycles. The van der Waals surface area contributed by atoms with Gasteiger partial charge in [0.15, 0.2) is 0 Å². The first-order valence-corrected chi connectivity index (χ1v) is 9.49. The molecule has 23 heavy (non-hydrogen) atoms. The Balaban J connectivity index is 2.01. The number of aryl methyl sites for hydroxylation is 2. The Morgan fingerprint density at radius 1 is 1.09 bits per heavy atom. The number of hydrogen-bond acceptors (Lipinski definition) is 6. The average Bonchev–Trinajstić information content (AvgIpc) is 2.51. The molecule has 0 saturated carbocycles. The first-order chi connectivity index (χ1) is 10.8. The maximum Gasteiger partial charge on any atom is 0.214 e.